The molecular weight excluding hydrogens is 366 g/mol. The third-order valence-electron chi connectivity index (χ3n) is 3.08. The Bertz CT molecular complexity index is 562. The first-order valence-electron chi connectivity index (χ1n) is 6.35. The fourth-order valence-corrected chi connectivity index (χ4v) is 4.00. The Morgan fingerprint density at radius 1 is 1.35 bits per heavy atom. The van der Waals surface area contributed by atoms with Crippen LogP contribution in [0.15, 0.2) is 22.7 Å². The summed E-state index contributed by atoms with van der Waals surface area (Å²) in [5.74, 6) is 0.0854. The maximum atomic E-state index is 12.1. The van der Waals surface area contributed by atoms with E-state index in [0.29, 0.717) is 21.7 Å². The second-order valence-corrected chi connectivity index (χ2v) is 7.77. The molecule has 0 saturated carbocycles. The molecule has 0 spiro atoms. The smallest absolute Gasteiger partial charge is 0.234 e. The predicted molar refractivity (Wildman–Crippen MR) is 85.9 cm³/mol. The number of piperazine rings is 1. The lowest BCUT2D eigenvalue weighted by atomic mass is 10.3. The molecule has 5 nitrogen and oxygen atoms in total. The molecule has 0 bridgehead atoms. The molecule has 0 radical (unpaired) electrons. The number of anilines is 1. The molecule has 2 rings (SSSR count). The van der Waals surface area contributed by atoms with Crippen LogP contribution in [0.5, 0.6) is 0 Å². The number of benzene rings is 1. The topological polar surface area (TPSA) is 61.4 Å². The van der Waals surface area contributed by atoms with E-state index in [2.05, 4.69) is 30.9 Å². The summed E-state index contributed by atoms with van der Waals surface area (Å²) in [4.78, 5) is 2.15. The summed E-state index contributed by atoms with van der Waals surface area (Å²) < 4.78 is 27.4. The first-order valence-corrected chi connectivity index (χ1v) is 9.17. The number of nitrogens with zero attached hydrogens (tertiary/aromatic N) is 1. The Labute approximate surface area is 132 Å². The molecule has 1 saturated heterocycles. The zero-order chi connectivity index (χ0) is 14.6. The molecule has 1 heterocycles. The lowest BCUT2D eigenvalue weighted by Crippen LogP contribution is -2.45. The van der Waals surface area contributed by atoms with Crippen molar-refractivity contribution in [1.82, 2.24) is 10.2 Å². The van der Waals surface area contributed by atoms with Crippen LogP contribution in [0.3, 0.4) is 0 Å². The van der Waals surface area contributed by atoms with Crippen LogP contribution in [0.25, 0.3) is 0 Å². The number of hydrogen-bond donors (Lipinski definition) is 2. The molecule has 8 heteroatoms. The van der Waals surface area contributed by atoms with Crippen LogP contribution in [0.2, 0.25) is 5.02 Å². The van der Waals surface area contributed by atoms with Gasteiger partial charge in [-0.3, -0.25) is 9.62 Å². The molecule has 0 aliphatic carbocycles. The molecule has 20 heavy (non-hydrogen) atoms. The fourth-order valence-electron chi connectivity index (χ4n) is 1.97. The van der Waals surface area contributed by atoms with Gasteiger partial charge in [0.05, 0.1) is 11.4 Å². The zero-order valence-corrected chi connectivity index (χ0v) is 14.1. The van der Waals surface area contributed by atoms with Gasteiger partial charge in [-0.15, -0.1) is 0 Å². The van der Waals surface area contributed by atoms with Crippen molar-refractivity contribution in [2.24, 2.45) is 0 Å². The fraction of sp³-hybridized carbons (Fsp3) is 0.500. The second kappa shape index (κ2) is 7.09. The number of nitrogens with one attached hydrogen (secondary N) is 2. The lowest BCUT2D eigenvalue weighted by Gasteiger charge is -2.26. The van der Waals surface area contributed by atoms with Crippen molar-refractivity contribution in [1.29, 1.82) is 0 Å². The summed E-state index contributed by atoms with van der Waals surface area (Å²) >= 11 is 9.13. The second-order valence-electron chi connectivity index (χ2n) is 4.64. The van der Waals surface area contributed by atoms with Crippen LogP contribution in [0.4, 0.5) is 5.69 Å². The van der Waals surface area contributed by atoms with Gasteiger partial charge < -0.3 is 5.32 Å². The molecule has 0 aromatic heterocycles. The third-order valence-corrected chi connectivity index (χ3v) is 5.22. The summed E-state index contributed by atoms with van der Waals surface area (Å²) in [6.07, 6.45) is 0. The highest BCUT2D eigenvalue weighted by Gasteiger charge is 2.16. The maximum absolute atomic E-state index is 12.1. The molecule has 112 valence electrons. The van der Waals surface area contributed by atoms with Gasteiger partial charge in [-0.1, -0.05) is 11.6 Å². The van der Waals surface area contributed by atoms with E-state index in [1.165, 1.54) is 0 Å². The first-order chi connectivity index (χ1) is 9.46. The Morgan fingerprint density at radius 3 is 2.70 bits per heavy atom. The van der Waals surface area contributed by atoms with Gasteiger partial charge in [0, 0.05) is 42.2 Å². The zero-order valence-electron chi connectivity index (χ0n) is 10.9. The van der Waals surface area contributed by atoms with E-state index in [9.17, 15) is 8.42 Å². The van der Waals surface area contributed by atoms with Crippen molar-refractivity contribution in [3.63, 3.8) is 0 Å². The van der Waals surface area contributed by atoms with Crippen LogP contribution in [0.1, 0.15) is 0 Å². The van der Waals surface area contributed by atoms with Crippen molar-refractivity contribution in [3.8, 4) is 0 Å². The molecule has 1 fully saturated rings. The highest BCUT2D eigenvalue weighted by molar-refractivity contribution is 9.10. The number of hydrogen-bond acceptors (Lipinski definition) is 4. The summed E-state index contributed by atoms with van der Waals surface area (Å²) in [7, 11) is -3.35. The van der Waals surface area contributed by atoms with E-state index in [-0.39, 0.29) is 5.75 Å². The van der Waals surface area contributed by atoms with Crippen molar-refractivity contribution >= 4 is 43.2 Å². The molecule has 1 aliphatic rings. The SMILES string of the molecule is O=S(=O)(CCN1CCNCC1)Nc1ccc(Cl)cc1Br. The molecule has 1 aromatic rings. The Morgan fingerprint density at radius 2 is 2.05 bits per heavy atom. The van der Waals surface area contributed by atoms with Crippen LogP contribution >= 0.6 is 27.5 Å². The largest absolute Gasteiger partial charge is 0.314 e. The highest BCUT2D eigenvalue weighted by Crippen LogP contribution is 2.26. The molecule has 1 aliphatic heterocycles. The van der Waals surface area contributed by atoms with Crippen molar-refractivity contribution in [3.05, 3.63) is 27.7 Å². The summed E-state index contributed by atoms with van der Waals surface area (Å²) in [6.45, 7) is 4.15. The average molecular weight is 383 g/mol. The Hall–Kier alpha value is -0.340. The van der Waals surface area contributed by atoms with Crippen molar-refractivity contribution in [2.45, 2.75) is 0 Å². The van der Waals surface area contributed by atoms with Gasteiger partial charge in [-0.25, -0.2) is 8.42 Å². The Kier molecular flexibility index (Phi) is 5.68. The number of halogens is 2. The minimum absolute atomic E-state index is 0.0854. The van der Waals surface area contributed by atoms with Crippen molar-refractivity contribution < 1.29 is 8.42 Å². The number of sulfonamides is 1. The van der Waals surface area contributed by atoms with E-state index in [1.807, 2.05) is 0 Å². The first kappa shape index (κ1) is 16.0. The molecule has 0 amide bonds. The summed E-state index contributed by atoms with van der Waals surface area (Å²) in [5.41, 5.74) is 0.509. The molecule has 0 unspecified atom stereocenters. The Balaban J connectivity index is 1.93. The molecule has 2 N–H and O–H groups in total. The van der Waals surface area contributed by atoms with Gasteiger partial charge in [0.25, 0.3) is 0 Å². The minimum atomic E-state index is -3.35. The quantitative estimate of drug-likeness (QED) is 0.814. The van der Waals surface area contributed by atoms with E-state index in [1.54, 1.807) is 18.2 Å². The monoisotopic (exact) mass is 381 g/mol. The normalized spacial score (nSPS) is 17.1. The van der Waals surface area contributed by atoms with E-state index < -0.39 is 10.0 Å². The average Bonchev–Trinajstić information content (AvgIpc) is 2.41. The van der Waals surface area contributed by atoms with E-state index in [0.717, 1.165) is 26.2 Å². The van der Waals surface area contributed by atoms with E-state index in [4.69, 9.17) is 11.6 Å². The van der Waals surface area contributed by atoms with Gasteiger partial charge in [-0.2, -0.15) is 0 Å². The third kappa shape index (κ3) is 4.89. The van der Waals surface area contributed by atoms with Gasteiger partial charge in [0.15, 0.2) is 0 Å². The van der Waals surface area contributed by atoms with Gasteiger partial charge in [0.1, 0.15) is 0 Å². The minimum Gasteiger partial charge on any atom is -0.314 e. The van der Waals surface area contributed by atoms with Crippen LogP contribution in [-0.2, 0) is 10.0 Å². The molecular formula is C12H17BrClN3O2S. The van der Waals surface area contributed by atoms with Crippen LogP contribution in [-0.4, -0.2) is 51.8 Å². The van der Waals surface area contributed by atoms with Crippen LogP contribution in [0, 0.1) is 0 Å². The van der Waals surface area contributed by atoms with Gasteiger partial charge in [-0.05, 0) is 34.1 Å². The maximum Gasteiger partial charge on any atom is 0.234 e. The van der Waals surface area contributed by atoms with Crippen LogP contribution < -0.4 is 10.0 Å². The molecule has 1 aromatic carbocycles. The summed E-state index contributed by atoms with van der Waals surface area (Å²) in [6, 6.07) is 4.96. The standard InChI is InChI=1S/C12H17BrClN3O2S/c13-11-9-10(14)1-2-12(11)16-20(18,19)8-7-17-5-3-15-4-6-17/h1-2,9,15-16H,3-8H2. The van der Waals surface area contributed by atoms with Gasteiger partial charge >= 0.3 is 0 Å². The predicted octanol–water partition coefficient (Wildman–Crippen LogP) is 1.75. The summed E-state index contributed by atoms with van der Waals surface area (Å²) in [5, 5.41) is 3.80. The highest BCUT2D eigenvalue weighted by atomic mass is 79.9. The lowest BCUT2D eigenvalue weighted by molar-refractivity contribution is 0.254. The van der Waals surface area contributed by atoms with Gasteiger partial charge in [0.2, 0.25) is 10.0 Å². The van der Waals surface area contributed by atoms with Crippen molar-refractivity contribution in [2.75, 3.05) is 43.2 Å². The number of rotatable bonds is 5. The molecule has 0 atom stereocenters. The van der Waals surface area contributed by atoms with E-state index >= 15 is 0 Å².